The van der Waals surface area contributed by atoms with E-state index in [-0.39, 0.29) is 18.3 Å². The van der Waals surface area contributed by atoms with Crippen LogP contribution < -0.4 is 5.32 Å². The third-order valence-electron chi connectivity index (χ3n) is 3.66. The molecule has 0 aliphatic carbocycles. The molecule has 0 fully saturated rings. The van der Waals surface area contributed by atoms with Crippen molar-refractivity contribution < 1.29 is 14.3 Å². The maximum absolute atomic E-state index is 12.4. The van der Waals surface area contributed by atoms with Gasteiger partial charge in [0.25, 0.3) is 5.91 Å². The number of nitrogens with zero attached hydrogens (tertiary/aromatic N) is 3. The first-order valence-corrected chi connectivity index (χ1v) is 8.90. The quantitative estimate of drug-likeness (QED) is 0.674. The number of anilines is 1. The highest BCUT2D eigenvalue weighted by Gasteiger charge is 2.15. The van der Waals surface area contributed by atoms with Crippen molar-refractivity contribution in [3.8, 4) is 5.69 Å². The molecule has 0 aliphatic rings. The van der Waals surface area contributed by atoms with E-state index in [1.54, 1.807) is 31.6 Å². The molecular weight excluding hydrogens is 352 g/mol. The summed E-state index contributed by atoms with van der Waals surface area (Å²) < 4.78 is 6.79. The van der Waals surface area contributed by atoms with Gasteiger partial charge >= 0.3 is 5.97 Å². The molecule has 2 aromatic heterocycles. The van der Waals surface area contributed by atoms with Crippen LogP contribution in [0, 0.1) is 6.92 Å². The van der Waals surface area contributed by atoms with Gasteiger partial charge in [-0.15, -0.1) is 11.3 Å². The number of aryl methyl sites for hydroxylation is 1. The Bertz CT molecular complexity index is 901. The third-order valence-corrected chi connectivity index (χ3v) is 4.59. The third kappa shape index (κ3) is 4.15. The van der Waals surface area contributed by atoms with Crippen molar-refractivity contribution in [2.45, 2.75) is 20.3 Å². The number of carbonyl (C=O) groups is 2. The zero-order chi connectivity index (χ0) is 18.5. The van der Waals surface area contributed by atoms with Crippen molar-refractivity contribution in [3.05, 3.63) is 59.1 Å². The largest absolute Gasteiger partial charge is 0.466 e. The molecule has 7 nitrogen and oxygen atoms in total. The minimum absolute atomic E-state index is 0.103. The number of hydrogen-bond acceptors (Lipinski definition) is 6. The van der Waals surface area contributed by atoms with Crippen molar-refractivity contribution in [1.82, 2.24) is 14.5 Å². The maximum atomic E-state index is 12.4. The normalized spacial score (nSPS) is 10.5. The molecule has 0 spiro atoms. The Morgan fingerprint density at radius 1 is 1.27 bits per heavy atom. The lowest BCUT2D eigenvalue weighted by Crippen LogP contribution is -2.12. The van der Waals surface area contributed by atoms with Gasteiger partial charge in [0.15, 0.2) is 5.13 Å². The molecule has 0 atom stereocenters. The van der Waals surface area contributed by atoms with Gasteiger partial charge in [-0.25, -0.2) is 9.97 Å². The van der Waals surface area contributed by atoms with E-state index in [2.05, 4.69) is 15.3 Å². The zero-order valence-electron chi connectivity index (χ0n) is 14.4. The second-order valence-corrected chi connectivity index (χ2v) is 6.68. The summed E-state index contributed by atoms with van der Waals surface area (Å²) in [5, 5.41) is 3.24. The van der Waals surface area contributed by atoms with Gasteiger partial charge in [-0.2, -0.15) is 0 Å². The van der Waals surface area contributed by atoms with Gasteiger partial charge in [-0.3, -0.25) is 14.9 Å². The molecule has 26 heavy (non-hydrogen) atoms. The molecule has 3 rings (SSSR count). The number of hydrogen-bond donors (Lipinski definition) is 1. The van der Waals surface area contributed by atoms with Crippen LogP contribution >= 0.6 is 11.3 Å². The first kappa shape index (κ1) is 17.8. The van der Waals surface area contributed by atoms with E-state index in [0.29, 0.717) is 23.0 Å². The fraction of sp³-hybridized carbons (Fsp3) is 0.222. The van der Waals surface area contributed by atoms with Crippen molar-refractivity contribution in [3.63, 3.8) is 0 Å². The average molecular weight is 370 g/mol. The summed E-state index contributed by atoms with van der Waals surface area (Å²) in [6, 6.07) is 7.17. The summed E-state index contributed by atoms with van der Waals surface area (Å²) >= 11 is 1.34. The molecule has 0 unspecified atom stereocenters. The Labute approximate surface area is 154 Å². The number of aromatic nitrogens is 3. The second kappa shape index (κ2) is 7.92. The van der Waals surface area contributed by atoms with Gasteiger partial charge in [0.2, 0.25) is 0 Å². The van der Waals surface area contributed by atoms with Crippen LogP contribution in [-0.4, -0.2) is 33.0 Å². The summed E-state index contributed by atoms with van der Waals surface area (Å²) in [5.41, 5.74) is 2.06. The van der Waals surface area contributed by atoms with Crippen LogP contribution in [0.3, 0.4) is 0 Å². The number of carbonyl (C=O) groups excluding carboxylic acids is 2. The Morgan fingerprint density at radius 2 is 2.04 bits per heavy atom. The molecule has 1 aromatic carbocycles. The molecule has 0 aliphatic heterocycles. The van der Waals surface area contributed by atoms with Crippen LogP contribution in [0.5, 0.6) is 0 Å². The Balaban J connectivity index is 1.67. The lowest BCUT2D eigenvalue weighted by atomic mass is 10.2. The predicted octanol–water partition coefficient (Wildman–Crippen LogP) is 3.00. The number of rotatable bonds is 6. The van der Waals surface area contributed by atoms with Gasteiger partial charge < -0.3 is 9.30 Å². The fourth-order valence-electron chi connectivity index (χ4n) is 2.36. The Hall–Kier alpha value is -3.00. The van der Waals surface area contributed by atoms with Gasteiger partial charge in [-0.1, -0.05) is 0 Å². The van der Waals surface area contributed by atoms with Crippen molar-refractivity contribution in [1.29, 1.82) is 0 Å². The van der Waals surface area contributed by atoms with Crippen LogP contribution in [0.2, 0.25) is 0 Å². The summed E-state index contributed by atoms with van der Waals surface area (Å²) in [7, 11) is 0. The van der Waals surface area contributed by atoms with E-state index < -0.39 is 0 Å². The topological polar surface area (TPSA) is 86.1 Å². The number of esters is 1. The molecule has 1 N–H and O–H groups in total. The van der Waals surface area contributed by atoms with E-state index in [4.69, 9.17) is 4.74 Å². The lowest BCUT2D eigenvalue weighted by molar-refractivity contribution is -0.142. The number of ether oxygens (including phenoxy) is 1. The molecule has 134 valence electrons. The van der Waals surface area contributed by atoms with Crippen molar-refractivity contribution in [2.24, 2.45) is 0 Å². The minimum atomic E-state index is -0.325. The zero-order valence-corrected chi connectivity index (χ0v) is 15.2. The summed E-state index contributed by atoms with van der Waals surface area (Å²) in [5.74, 6) is -0.576. The van der Waals surface area contributed by atoms with Gasteiger partial charge in [0, 0.05) is 28.5 Å². The number of benzene rings is 1. The Kier molecular flexibility index (Phi) is 5.43. The number of nitrogens with one attached hydrogen (secondary N) is 1. The standard InChI is InChI=1S/C18H18N4O3S/c1-3-25-16(23)10-15-12(2)26-18(20-15)21-17(24)13-4-6-14(7-5-13)22-9-8-19-11-22/h4-9,11H,3,10H2,1-2H3,(H,20,21,24). The molecule has 0 bridgehead atoms. The summed E-state index contributed by atoms with van der Waals surface area (Å²) in [4.78, 5) is 33.2. The fourth-order valence-corrected chi connectivity index (χ4v) is 3.19. The molecule has 1 amide bonds. The Morgan fingerprint density at radius 3 is 2.69 bits per heavy atom. The second-order valence-electron chi connectivity index (χ2n) is 5.47. The average Bonchev–Trinajstić information content (AvgIpc) is 3.26. The molecule has 0 saturated heterocycles. The maximum Gasteiger partial charge on any atom is 0.311 e. The number of thiazole rings is 1. The van der Waals surface area contributed by atoms with Crippen LogP contribution in [0.1, 0.15) is 27.9 Å². The highest BCUT2D eigenvalue weighted by atomic mass is 32.1. The highest BCUT2D eigenvalue weighted by molar-refractivity contribution is 7.15. The van der Waals surface area contributed by atoms with E-state index in [1.165, 1.54) is 11.3 Å². The van der Waals surface area contributed by atoms with E-state index in [0.717, 1.165) is 10.6 Å². The van der Waals surface area contributed by atoms with Crippen LogP contribution in [0.4, 0.5) is 5.13 Å². The molecule has 8 heteroatoms. The number of imidazole rings is 1. The van der Waals surface area contributed by atoms with Crippen LogP contribution in [0.25, 0.3) is 5.69 Å². The van der Waals surface area contributed by atoms with Crippen LogP contribution in [0.15, 0.2) is 43.0 Å². The van der Waals surface area contributed by atoms with Gasteiger partial charge in [0.05, 0.1) is 25.0 Å². The minimum Gasteiger partial charge on any atom is -0.466 e. The van der Waals surface area contributed by atoms with Gasteiger partial charge in [0.1, 0.15) is 0 Å². The first-order chi connectivity index (χ1) is 12.6. The molecular formula is C18H18N4O3S. The highest BCUT2D eigenvalue weighted by Crippen LogP contribution is 2.23. The monoisotopic (exact) mass is 370 g/mol. The summed E-state index contributed by atoms with van der Waals surface area (Å²) in [6.45, 7) is 3.96. The molecule has 2 heterocycles. The first-order valence-electron chi connectivity index (χ1n) is 8.08. The molecule has 0 radical (unpaired) electrons. The lowest BCUT2D eigenvalue weighted by Gasteiger charge is -2.04. The van der Waals surface area contributed by atoms with E-state index in [9.17, 15) is 9.59 Å². The number of amides is 1. The van der Waals surface area contributed by atoms with Gasteiger partial charge in [-0.05, 0) is 38.1 Å². The van der Waals surface area contributed by atoms with Crippen molar-refractivity contribution in [2.75, 3.05) is 11.9 Å². The summed E-state index contributed by atoms with van der Waals surface area (Å²) in [6.07, 6.45) is 5.32. The molecule has 0 saturated carbocycles. The smallest absolute Gasteiger partial charge is 0.311 e. The predicted molar refractivity (Wildman–Crippen MR) is 98.7 cm³/mol. The van der Waals surface area contributed by atoms with Crippen molar-refractivity contribution >= 4 is 28.3 Å². The SMILES string of the molecule is CCOC(=O)Cc1nc(NC(=O)c2ccc(-n3ccnc3)cc2)sc1C. The molecule has 3 aromatic rings. The van der Waals surface area contributed by atoms with Crippen LogP contribution in [-0.2, 0) is 16.0 Å². The van der Waals surface area contributed by atoms with E-state index >= 15 is 0 Å². The van der Waals surface area contributed by atoms with E-state index in [1.807, 2.05) is 29.8 Å².